The van der Waals surface area contributed by atoms with Gasteiger partial charge in [0.25, 0.3) is 0 Å². The van der Waals surface area contributed by atoms with Crippen LogP contribution in [-0.2, 0) is 20.7 Å². The number of carbonyl (C=O) groups is 2. The van der Waals surface area contributed by atoms with E-state index in [1.165, 1.54) is 30.4 Å². The lowest BCUT2D eigenvalue weighted by molar-refractivity contribution is -0.143. The van der Waals surface area contributed by atoms with Crippen molar-refractivity contribution >= 4 is 11.8 Å². The van der Waals surface area contributed by atoms with Gasteiger partial charge in [0.15, 0.2) is 5.78 Å². The molecular weight excluding hydrogens is 524 g/mol. The summed E-state index contributed by atoms with van der Waals surface area (Å²) in [5.74, 6) is 3.56. The monoisotopic (exact) mass is 578 g/mol. The number of aliphatic hydroxyl groups is 1. The van der Waals surface area contributed by atoms with Crippen LogP contribution in [0.2, 0.25) is 0 Å². The van der Waals surface area contributed by atoms with Crippen LogP contribution in [0.3, 0.4) is 0 Å². The zero-order valence-corrected chi connectivity index (χ0v) is 26.6. The van der Waals surface area contributed by atoms with Crippen molar-refractivity contribution in [3.05, 3.63) is 41.5 Å². The number of hydrogen-bond donors (Lipinski definition) is 1. The maximum atomic E-state index is 12.5. The summed E-state index contributed by atoms with van der Waals surface area (Å²) < 4.78 is 11.0. The molecule has 0 spiro atoms. The summed E-state index contributed by atoms with van der Waals surface area (Å²) in [5.41, 5.74) is 2.34. The topological polar surface area (TPSA) is 72.8 Å². The Balaban J connectivity index is 1.18. The van der Waals surface area contributed by atoms with Crippen molar-refractivity contribution in [1.29, 1.82) is 0 Å². The van der Waals surface area contributed by atoms with Crippen LogP contribution in [0.4, 0.5) is 0 Å². The van der Waals surface area contributed by atoms with E-state index in [1.807, 2.05) is 19.1 Å². The molecule has 3 fully saturated rings. The van der Waals surface area contributed by atoms with E-state index in [0.717, 1.165) is 63.5 Å². The molecule has 0 bridgehead atoms. The van der Waals surface area contributed by atoms with Crippen molar-refractivity contribution in [3.63, 3.8) is 0 Å². The highest BCUT2D eigenvalue weighted by molar-refractivity contribution is 5.91. The Morgan fingerprint density at radius 3 is 2.64 bits per heavy atom. The van der Waals surface area contributed by atoms with Crippen molar-refractivity contribution in [2.45, 2.75) is 123 Å². The maximum Gasteiger partial charge on any atom is 0.305 e. The first-order valence-corrected chi connectivity index (χ1v) is 16.9. The Hall–Kier alpha value is -2.14. The molecule has 0 amide bonds. The van der Waals surface area contributed by atoms with Gasteiger partial charge in [0.1, 0.15) is 5.75 Å². The number of unbranched alkanes of at least 4 members (excludes halogenated alkanes) is 2. The highest BCUT2D eigenvalue weighted by Gasteiger charge is 2.64. The second-order valence-corrected chi connectivity index (χ2v) is 14.6. The average molecular weight is 579 g/mol. The number of ether oxygens (including phenoxy) is 2. The molecule has 0 radical (unpaired) electrons. The van der Waals surface area contributed by atoms with Crippen LogP contribution in [0.25, 0.3) is 0 Å². The van der Waals surface area contributed by atoms with Gasteiger partial charge in [0, 0.05) is 12.8 Å². The Morgan fingerprint density at radius 2 is 1.83 bits per heavy atom. The first kappa shape index (κ1) is 31.3. The minimum Gasteiger partial charge on any atom is -0.494 e. The normalized spacial score (nSPS) is 35.5. The lowest BCUT2D eigenvalue weighted by atomic mass is 9.44. The summed E-state index contributed by atoms with van der Waals surface area (Å²) in [6.07, 6.45) is 15.8. The third kappa shape index (κ3) is 6.23. The van der Waals surface area contributed by atoms with Gasteiger partial charge in [-0.15, -0.1) is 0 Å². The van der Waals surface area contributed by atoms with Gasteiger partial charge in [0.05, 0.1) is 18.8 Å². The second kappa shape index (κ2) is 12.8. The number of esters is 1. The van der Waals surface area contributed by atoms with E-state index < -0.39 is 5.60 Å². The molecule has 4 aliphatic carbocycles. The Morgan fingerprint density at radius 1 is 1.02 bits per heavy atom. The van der Waals surface area contributed by atoms with Crippen LogP contribution in [0.1, 0.15) is 117 Å². The van der Waals surface area contributed by atoms with E-state index in [0.29, 0.717) is 55.5 Å². The van der Waals surface area contributed by atoms with Gasteiger partial charge in [-0.2, -0.15) is 0 Å². The third-order valence-electron chi connectivity index (χ3n) is 12.2. The van der Waals surface area contributed by atoms with Crippen molar-refractivity contribution in [3.8, 4) is 5.75 Å². The molecule has 0 heterocycles. The van der Waals surface area contributed by atoms with Crippen molar-refractivity contribution < 1.29 is 24.2 Å². The van der Waals surface area contributed by atoms with Gasteiger partial charge in [-0.25, -0.2) is 0 Å². The van der Waals surface area contributed by atoms with Gasteiger partial charge in [-0.3, -0.25) is 9.59 Å². The average Bonchev–Trinajstić information content (AvgIpc) is 3.20. The number of hydrogen-bond acceptors (Lipinski definition) is 5. The molecule has 1 aromatic rings. The van der Waals surface area contributed by atoms with Crippen LogP contribution < -0.4 is 4.74 Å². The molecule has 3 saturated carbocycles. The quantitative estimate of drug-likeness (QED) is 0.201. The lowest BCUT2D eigenvalue weighted by Gasteiger charge is -2.61. The molecule has 1 N–H and O–H groups in total. The summed E-state index contributed by atoms with van der Waals surface area (Å²) in [6.45, 7) is 9.82. The van der Waals surface area contributed by atoms with E-state index in [2.05, 4.69) is 39.0 Å². The predicted octanol–water partition coefficient (Wildman–Crippen LogP) is 8.02. The van der Waals surface area contributed by atoms with E-state index in [-0.39, 0.29) is 16.8 Å². The van der Waals surface area contributed by atoms with Gasteiger partial charge in [0.2, 0.25) is 0 Å². The van der Waals surface area contributed by atoms with Gasteiger partial charge in [-0.05, 0) is 143 Å². The number of rotatable bonds is 12. The van der Waals surface area contributed by atoms with Crippen molar-refractivity contribution in [2.75, 3.05) is 13.2 Å². The highest BCUT2D eigenvalue weighted by Crippen LogP contribution is 2.69. The van der Waals surface area contributed by atoms with Gasteiger partial charge < -0.3 is 14.6 Å². The summed E-state index contributed by atoms with van der Waals surface area (Å²) in [4.78, 5) is 24.0. The number of ketones is 1. The highest BCUT2D eigenvalue weighted by atomic mass is 16.5. The number of aryl methyl sites for hydroxylation is 1. The predicted molar refractivity (Wildman–Crippen MR) is 166 cm³/mol. The van der Waals surface area contributed by atoms with Crippen LogP contribution in [0.5, 0.6) is 5.75 Å². The number of allylic oxidation sites excluding steroid dienone is 1. The SMILES string of the molecule is CCOC(=O)CCCCOc1cccc(CCCCC2CC3=CC(=O)CC[C@]3(C)[C@@H]3CC[C@@]4(C)[C@@H](CCC4(C)O)[C@H]23)c1. The van der Waals surface area contributed by atoms with Crippen LogP contribution >= 0.6 is 0 Å². The fourth-order valence-corrected chi connectivity index (χ4v) is 9.57. The Labute approximate surface area is 253 Å². The standard InChI is InChI=1S/C37H54O5/c1-5-41-33(39)15-8-9-22-42-30-14-10-12-26(23-30)11-6-7-13-27-24-28-25-29(38)16-19-35(28,2)31-17-20-36(3)32(34(27)31)18-21-37(36,4)40/h10,12,14,23,25,27,31-32,34,40H,5-9,11,13,15-22,24H2,1-4H3/t27?,31-,32+,34-,35+,36+,37?/m1/s1. The zero-order valence-electron chi connectivity index (χ0n) is 26.6. The summed E-state index contributed by atoms with van der Waals surface area (Å²) in [5, 5.41) is 11.5. The van der Waals surface area contributed by atoms with Gasteiger partial charge in [-0.1, -0.05) is 38.0 Å². The van der Waals surface area contributed by atoms with Gasteiger partial charge >= 0.3 is 5.97 Å². The smallest absolute Gasteiger partial charge is 0.305 e. The van der Waals surface area contributed by atoms with Crippen LogP contribution in [-0.4, -0.2) is 35.7 Å². The van der Waals surface area contributed by atoms with Crippen LogP contribution in [0, 0.1) is 34.5 Å². The second-order valence-electron chi connectivity index (χ2n) is 14.6. The molecule has 5 heteroatoms. The van der Waals surface area contributed by atoms with E-state index in [1.54, 1.807) is 0 Å². The lowest BCUT2D eigenvalue weighted by Crippen LogP contribution is -2.56. The third-order valence-corrected chi connectivity index (χ3v) is 12.2. The molecule has 0 saturated heterocycles. The summed E-state index contributed by atoms with van der Waals surface area (Å²) in [7, 11) is 0. The largest absolute Gasteiger partial charge is 0.494 e. The fraction of sp³-hybridized carbons (Fsp3) is 0.730. The zero-order chi connectivity index (χ0) is 30.0. The Kier molecular flexibility index (Phi) is 9.57. The van der Waals surface area contributed by atoms with E-state index in [9.17, 15) is 14.7 Å². The molecule has 0 aliphatic heterocycles. The van der Waals surface area contributed by atoms with E-state index >= 15 is 0 Å². The molecule has 5 nitrogen and oxygen atoms in total. The number of carbonyl (C=O) groups excluding carboxylic acids is 2. The Bertz CT molecular complexity index is 1150. The molecule has 5 rings (SSSR count). The molecule has 1 aromatic carbocycles. The molecular formula is C37H54O5. The first-order chi connectivity index (χ1) is 20.1. The van der Waals surface area contributed by atoms with E-state index in [4.69, 9.17) is 9.47 Å². The maximum absolute atomic E-state index is 12.5. The minimum atomic E-state index is -0.569. The molecule has 4 aliphatic rings. The molecule has 2 unspecified atom stereocenters. The number of fused-ring (bicyclic) bond motifs is 5. The summed E-state index contributed by atoms with van der Waals surface area (Å²) in [6, 6.07) is 8.46. The van der Waals surface area contributed by atoms with Crippen molar-refractivity contribution in [2.24, 2.45) is 34.5 Å². The minimum absolute atomic E-state index is 0.00767. The molecule has 42 heavy (non-hydrogen) atoms. The van der Waals surface area contributed by atoms with Crippen molar-refractivity contribution in [1.82, 2.24) is 0 Å². The molecule has 7 atom stereocenters. The molecule has 0 aromatic heterocycles. The number of benzene rings is 1. The fourth-order valence-electron chi connectivity index (χ4n) is 9.57. The first-order valence-electron chi connectivity index (χ1n) is 16.9. The van der Waals surface area contributed by atoms with Crippen LogP contribution in [0.15, 0.2) is 35.9 Å². The molecule has 232 valence electrons. The summed E-state index contributed by atoms with van der Waals surface area (Å²) >= 11 is 0.